The van der Waals surface area contributed by atoms with Crippen LogP contribution >= 0.6 is 0 Å². The van der Waals surface area contributed by atoms with Crippen LogP contribution in [0.3, 0.4) is 0 Å². The molecule has 0 unspecified atom stereocenters. The van der Waals surface area contributed by atoms with Crippen molar-refractivity contribution in [2.45, 2.75) is 37.6 Å². The van der Waals surface area contributed by atoms with E-state index in [0.717, 1.165) is 35.3 Å². The molecule has 1 heterocycles. The van der Waals surface area contributed by atoms with Crippen LogP contribution in [0.1, 0.15) is 47.8 Å². The van der Waals surface area contributed by atoms with Gasteiger partial charge in [0.15, 0.2) is 0 Å². The Labute approximate surface area is 111 Å². The molecule has 0 spiro atoms. The van der Waals surface area contributed by atoms with Crippen molar-refractivity contribution < 1.29 is 4.79 Å². The van der Waals surface area contributed by atoms with E-state index in [0.29, 0.717) is 12.0 Å². The second-order valence-electron chi connectivity index (χ2n) is 5.75. The monoisotopic (exact) mass is 255 g/mol. The van der Waals surface area contributed by atoms with Crippen molar-refractivity contribution in [3.8, 4) is 0 Å². The normalized spacial score (nSPS) is 18.8. The third-order valence-electron chi connectivity index (χ3n) is 4.03. The van der Waals surface area contributed by atoms with E-state index in [1.54, 1.807) is 0 Å². The third-order valence-corrected chi connectivity index (χ3v) is 4.03. The van der Waals surface area contributed by atoms with E-state index in [2.05, 4.69) is 16.9 Å². The quantitative estimate of drug-likeness (QED) is 0.915. The summed E-state index contributed by atoms with van der Waals surface area (Å²) in [4.78, 5) is 16.7. The van der Waals surface area contributed by atoms with E-state index in [1.807, 2.05) is 18.2 Å². The largest absolute Gasteiger partial charge is 0.349 e. The first-order valence-corrected chi connectivity index (χ1v) is 6.99. The zero-order valence-corrected chi connectivity index (χ0v) is 11.0. The number of nitrogens with one attached hydrogen (secondary N) is 1. The van der Waals surface area contributed by atoms with Crippen LogP contribution in [-0.2, 0) is 7.05 Å². The van der Waals surface area contributed by atoms with Crippen LogP contribution in [0.2, 0.25) is 0 Å². The molecule has 0 radical (unpaired) electrons. The minimum absolute atomic E-state index is 0.0306. The fraction of sp³-hybridized carbons (Fsp3) is 0.467. The molecular formula is C15H17N3O. The van der Waals surface area contributed by atoms with Gasteiger partial charge in [0.1, 0.15) is 5.82 Å². The summed E-state index contributed by atoms with van der Waals surface area (Å²) < 4.78 is 2.16. The SMILES string of the molecule is Cn1c(C2CC2)nc2cc(C(=O)NC3CC3)ccc21. The molecule has 2 aromatic rings. The molecule has 0 atom stereocenters. The Morgan fingerprint density at radius 1 is 1.32 bits per heavy atom. The molecule has 4 heteroatoms. The van der Waals surface area contributed by atoms with Gasteiger partial charge >= 0.3 is 0 Å². The average Bonchev–Trinajstić information content (AvgIpc) is 3.30. The van der Waals surface area contributed by atoms with Crippen molar-refractivity contribution in [1.82, 2.24) is 14.9 Å². The highest BCUT2D eigenvalue weighted by molar-refractivity contribution is 5.97. The van der Waals surface area contributed by atoms with Gasteiger partial charge in [-0.15, -0.1) is 0 Å². The van der Waals surface area contributed by atoms with E-state index in [4.69, 9.17) is 4.98 Å². The lowest BCUT2D eigenvalue weighted by Gasteiger charge is -2.03. The Morgan fingerprint density at radius 2 is 2.11 bits per heavy atom. The minimum Gasteiger partial charge on any atom is -0.349 e. The molecular weight excluding hydrogens is 238 g/mol. The van der Waals surface area contributed by atoms with E-state index >= 15 is 0 Å². The second kappa shape index (κ2) is 3.83. The van der Waals surface area contributed by atoms with Gasteiger partial charge in [0.2, 0.25) is 0 Å². The number of aryl methyl sites for hydroxylation is 1. The van der Waals surface area contributed by atoms with Crippen molar-refractivity contribution in [2.75, 3.05) is 0 Å². The van der Waals surface area contributed by atoms with Crippen LogP contribution in [0, 0.1) is 0 Å². The van der Waals surface area contributed by atoms with Crippen LogP contribution in [-0.4, -0.2) is 21.5 Å². The lowest BCUT2D eigenvalue weighted by molar-refractivity contribution is 0.0951. The standard InChI is InChI=1S/C15H17N3O/c1-18-13-7-4-10(15(19)16-11-5-6-11)8-12(13)17-14(18)9-2-3-9/h4,7-9,11H,2-3,5-6H2,1H3,(H,16,19). The molecule has 0 aliphatic heterocycles. The Hall–Kier alpha value is -1.84. The molecule has 4 nitrogen and oxygen atoms in total. The lowest BCUT2D eigenvalue weighted by atomic mass is 10.2. The molecule has 98 valence electrons. The van der Waals surface area contributed by atoms with Gasteiger partial charge < -0.3 is 9.88 Å². The number of aromatic nitrogens is 2. The molecule has 1 amide bonds. The smallest absolute Gasteiger partial charge is 0.251 e. The Balaban J connectivity index is 1.71. The topological polar surface area (TPSA) is 46.9 Å². The zero-order valence-electron chi connectivity index (χ0n) is 11.0. The van der Waals surface area contributed by atoms with Gasteiger partial charge in [-0.1, -0.05) is 0 Å². The second-order valence-corrected chi connectivity index (χ2v) is 5.75. The summed E-state index contributed by atoms with van der Waals surface area (Å²) in [5, 5.41) is 3.02. The summed E-state index contributed by atoms with van der Waals surface area (Å²) in [6.07, 6.45) is 4.71. The summed E-state index contributed by atoms with van der Waals surface area (Å²) in [6.45, 7) is 0. The molecule has 4 rings (SSSR count). The van der Waals surface area contributed by atoms with Gasteiger partial charge in [-0.3, -0.25) is 4.79 Å². The molecule has 2 aliphatic carbocycles. The molecule has 2 saturated carbocycles. The van der Waals surface area contributed by atoms with E-state index in [1.165, 1.54) is 12.8 Å². The number of amides is 1. The van der Waals surface area contributed by atoms with Crippen LogP contribution in [0.15, 0.2) is 18.2 Å². The number of rotatable bonds is 3. The molecule has 0 saturated heterocycles. The summed E-state index contributed by atoms with van der Waals surface area (Å²) >= 11 is 0. The fourth-order valence-electron chi connectivity index (χ4n) is 2.56. The highest BCUT2D eigenvalue weighted by atomic mass is 16.1. The van der Waals surface area contributed by atoms with E-state index in [-0.39, 0.29) is 5.91 Å². The highest BCUT2D eigenvalue weighted by Gasteiger charge is 2.29. The van der Waals surface area contributed by atoms with Gasteiger partial charge in [-0.2, -0.15) is 0 Å². The number of hydrogen-bond acceptors (Lipinski definition) is 2. The molecule has 1 aromatic carbocycles. The fourth-order valence-corrected chi connectivity index (χ4v) is 2.56. The number of nitrogens with zero attached hydrogens (tertiary/aromatic N) is 2. The van der Waals surface area contributed by atoms with Gasteiger partial charge in [0.05, 0.1) is 11.0 Å². The average molecular weight is 255 g/mol. The van der Waals surface area contributed by atoms with Crippen molar-refractivity contribution in [3.05, 3.63) is 29.6 Å². The molecule has 1 aromatic heterocycles. The van der Waals surface area contributed by atoms with Gasteiger partial charge in [0.25, 0.3) is 5.91 Å². The van der Waals surface area contributed by atoms with Gasteiger partial charge in [-0.05, 0) is 43.9 Å². The van der Waals surface area contributed by atoms with Crippen LogP contribution in [0.4, 0.5) is 0 Å². The summed E-state index contributed by atoms with van der Waals surface area (Å²) in [5.74, 6) is 1.82. The van der Waals surface area contributed by atoms with Crippen LogP contribution in [0.25, 0.3) is 11.0 Å². The first-order valence-electron chi connectivity index (χ1n) is 6.99. The number of carbonyl (C=O) groups excluding carboxylic acids is 1. The maximum atomic E-state index is 12.0. The number of fused-ring (bicyclic) bond motifs is 1. The van der Waals surface area contributed by atoms with Crippen LogP contribution < -0.4 is 5.32 Å². The van der Waals surface area contributed by atoms with E-state index in [9.17, 15) is 4.79 Å². The predicted molar refractivity (Wildman–Crippen MR) is 73.2 cm³/mol. The molecule has 0 bridgehead atoms. The maximum absolute atomic E-state index is 12.0. The zero-order chi connectivity index (χ0) is 13.0. The number of benzene rings is 1. The molecule has 2 aliphatic rings. The van der Waals surface area contributed by atoms with Crippen molar-refractivity contribution in [1.29, 1.82) is 0 Å². The van der Waals surface area contributed by atoms with Crippen molar-refractivity contribution in [2.24, 2.45) is 7.05 Å². The molecule has 1 N–H and O–H groups in total. The number of hydrogen-bond donors (Lipinski definition) is 1. The Kier molecular flexibility index (Phi) is 2.22. The number of imidazole rings is 1. The Bertz CT molecular complexity index is 665. The molecule has 19 heavy (non-hydrogen) atoms. The maximum Gasteiger partial charge on any atom is 0.251 e. The van der Waals surface area contributed by atoms with Gasteiger partial charge in [-0.25, -0.2) is 4.98 Å². The summed E-state index contributed by atoms with van der Waals surface area (Å²) in [5.41, 5.74) is 2.78. The van der Waals surface area contributed by atoms with Crippen molar-refractivity contribution in [3.63, 3.8) is 0 Å². The van der Waals surface area contributed by atoms with Crippen LogP contribution in [0.5, 0.6) is 0 Å². The Morgan fingerprint density at radius 3 is 2.79 bits per heavy atom. The number of carbonyl (C=O) groups is 1. The van der Waals surface area contributed by atoms with E-state index < -0.39 is 0 Å². The minimum atomic E-state index is 0.0306. The highest BCUT2D eigenvalue weighted by Crippen LogP contribution is 2.40. The summed E-state index contributed by atoms with van der Waals surface area (Å²) in [6, 6.07) is 6.22. The predicted octanol–water partition coefficient (Wildman–Crippen LogP) is 2.34. The first-order chi connectivity index (χ1) is 9.22. The van der Waals surface area contributed by atoms with Crippen molar-refractivity contribution >= 4 is 16.9 Å². The lowest BCUT2D eigenvalue weighted by Crippen LogP contribution is -2.25. The first kappa shape index (κ1) is 11.0. The third kappa shape index (κ3) is 1.91. The summed E-state index contributed by atoms with van der Waals surface area (Å²) in [7, 11) is 2.06. The van der Waals surface area contributed by atoms with Gasteiger partial charge in [0, 0.05) is 24.6 Å². The molecule has 2 fully saturated rings.